The maximum absolute atomic E-state index is 10.7. The van der Waals surface area contributed by atoms with Crippen molar-refractivity contribution < 1.29 is 19.4 Å². The van der Waals surface area contributed by atoms with Crippen LogP contribution in [0.2, 0.25) is 0 Å². The molecule has 0 atom stereocenters. The van der Waals surface area contributed by atoms with Crippen LogP contribution in [0, 0.1) is 10.5 Å². The predicted molar refractivity (Wildman–Crippen MR) is 141 cm³/mol. The number of rotatable bonds is 10. The van der Waals surface area contributed by atoms with Gasteiger partial charge in [-0.1, -0.05) is 24.3 Å². The van der Waals surface area contributed by atoms with Gasteiger partial charge in [0.1, 0.15) is 18.1 Å². The van der Waals surface area contributed by atoms with E-state index in [9.17, 15) is 4.79 Å². The van der Waals surface area contributed by atoms with Crippen LogP contribution in [-0.2, 0) is 4.79 Å². The third-order valence-electron chi connectivity index (χ3n) is 5.18. The predicted octanol–water partition coefficient (Wildman–Crippen LogP) is 6.83. The first-order valence-electron chi connectivity index (χ1n) is 10.8. The minimum Gasteiger partial charge on any atom is -0.489 e. The number of thioether (sulfide) groups is 1. The van der Waals surface area contributed by atoms with Gasteiger partial charge in [0.2, 0.25) is 0 Å². The Balaban J connectivity index is 1.49. The van der Waals surface area contributed by atoms with E-state index in [2.05, 4.69) is 77.2 Å². The van der Waals surface area contributed by atoms with Gasteiger partial charge < -0.3 is 14.6 Å². The minimum absolute atomic E-state index is 0.360. The van der Waals surface area contributed by atoms with Crippen LogP contribution in [0.4, 0.5) is 0 Å². The molecule has 0 bridgehead atoms. The lowest BCUT2D eigenvalue weighted by molar-refractivity contribution is -0.139. The van der Waals surface area contributed by atoms with Gasteiger partial charge in [-0.05, 0) is 113 Å². The standard InChI is InChI=1S/C27H25IO4S/c1-18-16-22(8-13-26(18)32-17-27(29)30)31-15-14-25(19-2-6-21(28)7-3-19)20-4-9-23(10-5-20)33-24-11-12-24/h2-10,13-14,16,24H,11-12,15,17H2,1H3,(H,29,30)/b25-14+. The summed E-state index contributed by atoms with van der Waals surface area (Å²) in [6, 6.07) is 22.7. The number of hydrogen-bond acceptors (Lipinski definition) is 4. The molecule has 1 aliphatic rings. The van der Waals surface area contributed by atoms with Gasteiger partial charge in [-0.2, -0.15) is 0 Å². The van der Waals surface area contributed by atoms with Crippen molar-refractivity contribution in [1.82, 2.24) is 0 Å². The molecule has 3 aromatic rings. The summed E-state index contributed by atoms with van der Waals surface area (Å²) in [7, 11) is 0. The Morgan fingerprint density at radius 3 is 2.30 bits per heavy atom. The first-order chi connectivity index (χ1) is 16.0. The molecule has 0 unspecified atom stereocenters. The van der Waals surface area contributed by atoms with E-state index in [0.29, 0.717) is 18.1 Å². The lowest BCUT2D eigenvalue weighted by atomic mass is 9.98. The molecule has 4 nitrogen and oxygen atoms in total. The molecule has 1 fully saturated rings. The number of aryl methyl sites for hydroxylation is 1. The Morgan fingerprint density at radius 2 is 1.70 bits per heavy atom. The van der Waals surface area contributed by atoms with E-state index in [1.165, 1.54) is 21.3 Å². The molecule has 1 N–H and O–H groups in total. The summed E-state index contributed by atoms with van der Waals surface area (Å²) in [4.78, 5) is 12.0. The van der Waals surface area contributed by atoms with Crippen molar-refractivity contribution in [2.45, 2.75) is 29.9 Å². The Kier molecular flexibility index (Phi) is 7.98. The number of hydrogen-bond donors (Lipinski definition) is 1. The van der Waals surface area contributed by atoms with E-state index in [0.717, 1.165) is 27.5 Å². The van der Waals surface area contributed by atoms with Crippen LogP contribution in [-0.4, -0.2) is 29.5 Å². The zero-order valence-corrected chi connectivity index (χ0v) is 21.3. The summed E-state index contributed by atoms with van der Waals surface area (Å²) in [5, 5.41) is 9.58. The Hall–Kier alpha value is -2.45. The number of carboxylic acids is 1. The van der Waals surface area contributed by atoms with Gasteiger partial charge in [-0.3, -0.25) is 0 Å². The largest absolute Gasteiger partial charge is 0.489 e. The summed E-state index contributed by atoms with van der Waals surface area (Å²) >= 11 is 4.28. The molecule has 0 amide bonds. The third-order valence-corrected chi connectivity index (χ3v) is 7.25. The zero-order chi connectivity index (χ0) is 23.2. The average molecular weight is 572 g/mol. The first-order valence-corrected chi connectivity index (χ1v) is 12.7. The molecule has 0 spiro atoms. The highest BCUT2D eigenvalue weighted by molar-refractivity contribution is 14.1. The smallest absolute Gasteiger partial charge is 0.341 e. The van der Waals surface area contributed by atoms with Gasteiger partial charge in [-0.15, -0.1) is 11.8 Å². The highest BCUT2D eigenvalue weighted by Crippen LogP contribution is 2.39. The van der Waals surface area contributed by atoms with E-state index in [1.54, 1.807) is 12.1 Å². The monoisotopic (exact) mass is 572 g/mol. The quantitative estimate of drug-likeness (QED) is 0.270. The molecular weight excluding hydrogens is 547 g/mol. The fourth-order valence-corrected chi connectivity index (χ4v) is 4.77. The van der Waals surface area contributed by atoms with E-state index < -0.39 is 5.97 Å². The molecule has 4 rings (SSSR count). The molecule has 170 valence electrons. The lowest BCUT2D eigenvalue weighted by Gasteiger charge is -2.12. The van der Waals surface area contributed by atoms with Crippen LogP contribution in [0.25, 0.3) is 5.57 Å². The minimum atomic E-state index is -0.998. The molecule has 0 radical (unpaired) electrons. The van der Waals surface area contributed by atoms with Crippen molar-refractivity contribution in [3.05, 3.63) is 93.1 Å². The van der Waals surface area contributed by atoms with Gasteiger partial charge in [0, 0.05) is 13.7 Å². The molecule has 0 saturated heterocycles. The van der Waals surface area contributed by atoms with Gasteiger partial charge in [-0.25, -0.2) is 4.79 Å². The molecule has 0 aliphatic heterocycles. The van der Waals surface area contributed by atoms with Crippen molar-refractivity contribution in [2.75, 3.05) is 13.2 Å². The molecule has 0 aromatic heterocycles. The molecule has 3 aromatic carbocycles. The molecule has 1 aliphatic carbocycles. The number of ether oxygens (including phenoxy) is 2. The summed E-state index contributed by atoms with van der Waals surface area (Å²) in [6.07, 6.45) is 4.75. The van der Waals surface area contributed by atoms with E-state index in [4.69, 9.17) is 14.6 Å². The fourth-order valence-electron chi connectivity index (χ4n) is 3.36. The van der Waals surface area contributed by atoms with Crippen LogP contribution in [0.1, 0.15) is 29.5 Å². The number of aliphatic carboxylic acids is 1. The van der Waals surface area contributed by atoms with Crippen molar-refractivity contribution in [1.29, 1.82) is 0 Å². The van der Waals surface area contributed by atoms with Gasteiger partial charge in [0.15, 0.2) is 6.61 Å². The molecular formula is C27H25IO4S. The van der Waals surface area contributed by atoms with Gasteiger partial charge in [0.05, 0.1) is 0 Å². The fraction of sp³-hybridized carbons (Fsp3) is 0.222. The molecule has 33 heavy (non-hydrogen) atoms. The van der Waals surface area contributed by atoms with Crippen molar-refractivity contribution in [3.8, 4) is 11.5 Å². The summed E-state index contributed by atoms with van der Waals surface area (Å²) in [5.74, 6) is 0.260. The topological polar surface area (TPSA) is 55.8 Å². The van der Waals surface area contributed by atoms with E-state index in [1.807, 2.05) is 24.8 Å². The van der Waals surface area contributed by atoms with Crippen LogP contribution in [0.5, 0.6) is 11.5 Å². The third kappa shape index (κ3) is 7.01. The Labute approximate surface area is 212 Å². The van der Waals surface area contributed by atoms with Crippen LogP contribution in [0.3, 0.4) is 0 Å². The second-order valence-corrected chi connectivity index (χ2v) is 10.5. The van der Waals surface area contributed by atoms with Gasteiger partial charge >= 0.3 is 5.97 Å². The highest BCUT2D eigenvalue weighted by atomic mass is 127. The summed E-state index contributed by atoms with van der Waals surface area (Å²) < 4.78 is 12.5. The van der Waals surface area contributed by atoms with Crippen molar-refractivity contribution >= 4 is 45.9 Å². The second-order valence-electron chi connectivity index (χ2n) is 7.89. The Morgan fingerprint density at radius 1 is 1.03 bits per heavy atom. The molecule has 6 heteroatoms. The zero-order valence-electron chi connectivity index (χ0n) is 18.3. The first kappa shape index (κ1) is 23.7. The van der Waals surface area contributed by atoms with Gasteiger partial charge in [0.25, 0.3) is 0 Å². The maximum atomic E-state index is 10.7. The van der Waals surface area contributed by atoms with E-state index >= 15 is 0 Å². The Bertz CT molecular complexity index is 1140. The number of carboxylic acid groups (broad SMARTS) is 1. The van der Waals surface area contributed by atoms with Crippen LogP contribution in [0.15, 0.2) is 77.7 Å². The van der Waals surface area contributed by atoms with E-state index in [-0.39, 0.29) is 6.61 Å². The van der Waals surface area contributed by atoms with Crippen molar-refractivity contribution in [2.24, 2.45) is 0 Å². The highest BCUT2D eigenvalue weighted by Gasteiger charge is 2.22. The number of benzene rings is 3. The normalized spacial score (nSPS) is 13.6. The second kappa shape index (κ2) is 11.1. The average Bonchev–Trinajstić information content (AvgIpc) is 3.62. The molecule has 0 heterocycles. The van der Waals surface area contributed by atoms with Crippen LogP contribution >= 0.6 is 34.4 Å². The summed E-state index contributed by atoms with van der Waals surface area (Å²) in [5.41, 5.74) is 4.27. The SMILES string of the molecule is Cc1cc(OC/C=C(\c2ccc(I)cc2)c2ccc(SC3CC3)cc2)ccc1OCC(=O)O. The lowest BCUT2D eigenvalue weighted by Crippen LogP contribution is -2.10. The number of carbonyl (C=O) groups is 1. The molecule has 1 saturated carbocycles. The maximum Gasteiger partial charge on any atom is 0.341 e. The summed E-state index contributed by atoms with van der Waals surface area (Å²) in [6.45, 7) is 1.92. The van der Waals surface area contributed by atoms with Crippen LogP contribution < -0.4 is 9.47 Å². The number of halogens is 1. The van der Waals surface area contributed by atoms with Crippen molar-refractivity contribution in [3.63, 3.8) is 0 Å².